The van der Waals surface area contributed by atoms with Gasteiger partial charge in [0.05, 0.1) is 27.6 Å². The third-order valence-electron chi connectivity index (χ3n) is 3.60. The molecule has 0 bridgehead atoms. The average Bonchev–Trinajstić information content (AvgIpc) is 2.76. The quantitative estimate of drug-likeness (QED) is 0.615. The molecule has 0 unspecified atom stereocenters. The third-order valence-corrected chi connectivity index (χ3v) is 4.75. The average molecular weight is 399 g/mol. The Labute approximate surface area is 146 Å². The maximum absolute atomic E-state index is 13.3. The van der Waals surface area contributed by atoms with E-state index in [1.54, 1.807) is 11.6 Å². The van der Waals surface area contributed by atoms with Crippen LogP contribution in [-0.2, 0) is 11.3 Å². The van der Waals surface area contributed by atoms with Crippen LogP contribution in [0.3, 0.4) is 0 Å². The highest BCUT2D eigenvalue weighted by Crippen LogP contribution is 2.23. The molecule has 2 rings (SSSR count). The van der Waals surface area contributed by atoms with Gasteiger partial charge in [0, 0.05) is 17.4 Å². The topological polar surface area (TPSA) is 90.1 Å². The summed E-state index contributed by atoms with van der Waals surface area (Å²) in [5.41, 5.74) is 1.23. The van der Waals surface area contributed by atoms with Crippen molar-refractivity contribution < 1.29 is 14.1 Å². The number of halogens is 2. The molecule has 0 aliphatic heterocycles. The maximum atomic E-state index is 13.3. The van der Waals surface area contributed by atoms with Crippen molar-refractivity contribution in [2.45, 2.75) is 27.3 Å². The lowest BCUT2D eigenvalue weighted by atomic mass is 10.1. The molecule has 0 aliphatic rings. The van der Waals surface area contributed by atoms with Crippen molar-refractivity contribution in [3.05, 3.63) is 50.0 Å². The second-order valence-corrected chi connectivity index (χ2v) is 6.27. The third kappa shape index (κ3) is 3.78. The molecule has 9 heteroatoms. The summed E-state index contributed by atoms with van der Waals surface area (Å²) in [5, 5.41) is 17.6. The van der Waals surface area contributed by atoms with Crippen molar-refractivity contribution >= 4 is 33.2 Å². The summed E-state index contributed by atoms with van der Waals surface area (Å²) < 4.78 is 15.9. The Balaban J connectivity index is 2.10. The van der Waals surface area contributed by atoms with Gasteiger partial charge in [-0.05, 0) is 41.9 Å². The van der Waals surface area contributed by atoms with Crippen LogP contribution in [0.25, 0.3) is 0 Å². The summed E-state index contributed by atoms with van der Waals surface area (Å²) in [6, 6.07) is 3.24. The van der Waals surface area contributed by atoms with Gasteiger partial charge in [0.15, 0.2) is 0 Å². The number of nitro groups is 1. The molecule has 0 fully saturated rings. The molecular weight excluding hydrogens is 383 g/mol. The van der Waals surface area contributed by atoms with Crippen LogP contribution in [0.4, 0.5) is 15.8 Å². The van der Waals surface area contributed by atoms with Gasteiger partial charge < -0.3 is 5.32 Å². The van der Waals surface area contributed by atoms with Gasteiger partial charge in [-0.25, -0.2) is 0 Å². The SMILES string of the molecule is Cc1nn(C[C@H](C)C(=O)Nc2ccc(F)c([N+](=O)[O-])c2)c(C)c1Br. The van der Waals surface area contributed by atoms with E-state index in [0.717, 1.165) is 28.0 Å². The summed E-state index contributed by atoms with van der Waals surface area (Å²) in [7, 11) is 0. The summed E-state index contributed by atoms with van der Waals surface area (Å²) in [5.74, 6) is -1.71. The second kappa shape index (κ2) is 7.08. The largest absolute Gasteiger partial charge is 0.326 e. The van der Waals surface area contributed by atoms with E-state index < -0.39 is 22.3 Å². The van der Waals surface area contributed by atoms with E-state index in [4.69, 9.17) is 0 Å². The minimum atomic E-state index is -0.946. The van der Waals surface area contributed by atoms with Crippen molar-refractivity contribution in [1.82, 2.24) is 9.78 Å². The number of nitro benzene ring substituents is 1. The summed E-state index contributed by atoms with van der Waals surface area (Å²) in [6.45, 7) is 5.82. The number of rotatable bonds is 5. The summed E-state index contributed by atoms with van der Waals surface area (Å²) >= 11 is 3.43. The molecule has 128 valence electrons. The molecule has 1 heterocycles. The zero-order valence-corrected chi connectivity index (χ0v) is 14.9. The van der Waals surface area contributed by atoms with Crippen molar-refractivity contribution in [3.8, 4) is 0 Å². The van der Waals surface area contributed by atoms with Crippen LogP contribution in [0.1, 0.15) is 18.3 Å². The molecule has 0 saturated heterocycles. The number of hydrogen-bond donors (Lipinski definition) is 1. The molecule has 1 aromatic heterocycles. The van der Waals surface area contributed by atoms with Crippen LogP contribution in [0.5, 0.6) is 0 Å². The standard InChI is InChI=1S/C15H16BrFN4O3/c1-8(7-20-10(3)14(16)9(2)19-20)15(22)18-11-4-5-12(17)13(6-11)21(23)24/h4-6,8H,7H2,1-3H3,(H,18,22)/t8-/m0/s1. The number of benzene rings is 1. The van der Waals surface area contributed by atoms with E-state index in [2.05, 4.69) is 26.3 Å². The molecule has 0 spiro atoms. The van der Waals surface area contributed by atoms with Crippen LogP contribution >= 0.6 is 15.9 Å². The van der Waals surface area contributed by atoms with Gasteiger partial charge in [0.2, 0.25) is 11.7 Å². The first kappa shape index (κ1) is 18.1. The highest BCUT2D eigenvalue weighted by atomic mass is 79.9. The first-order valence-corrected chi connectivity index (χ1v) is 7.94. The van der Waals surface area contributed by atoms with Crippen molar-refractivity contribution in [1.29, 1.82) is 0 Å². The zero-order chi connectivity index (χ0) is 18.0. The van der Waals surface area contributed by atoms with E-state index in [9.17, 15) is 19.3 Å². The highest BCUT2D eigenvalue weighted by molar-refractivity contribution is 9.10. The molecular formula is C15H16BrFN4O3. The predicted molar refractivity (Wildman–Crippen MR) is 90.2 cm³/mol. The highest BCUT2D eigenvalue weighted by Gasteiger charge is 2.19. The van der Waals surface area contributed by atoms with Crippen LogP contribution in [0, 0.1) is 35.7 Å². The van der Waals surface area contributed by atoms with Crippen molar-refractivity contribution in [2.24, 2.45) is 5.92 Å². The number of hydrogen-bond acceptors (Lipinski definition) is 4. The Morgan fingerprint density at radius 2 is 2.17 bits per heavy atom. The van der Waals surface area contributed by atoms with Gasteiger partial charge in [0.1, 0.15) is 0 Å². The number of carbonyl (C=O) groups excluding carboxylic acids is 1. The fourth-order valence-corrected chi connectivity index (χ4v) is 2.47. The van der Waals surface area contributed by atoms with Gasteiger partial charge >= 0.3 is 5.69 Å². The predicted octanol–water partition coefficient (Wildman–Crippen LogP) is 3.58. The molecule has 1 atom stereocenters. The minimum absolute atomic E-state index is 0.175. The Morgan fingerprint density at radius 3 is 2.71 bits per heavy atom. The number of anilines is 1. The van der Waals surface area contributed by atoms with E-state index in [1.165, 1.54) is 6.07 Å². The fourth-order valence-electron chi connectivity index (χ4n) is 2.19. The van der Waals surface area contributed by atoms with Crippen molar-refractivity contribution in [2.75, 3.05) is 5.32 Å². The Morgan fingerprint density at radius 1 is 1.50 bits per heavy atom. The lowest BCUT2D eigenvalue weighted by molar-refractivity contribution is -0.387. The van der Waals surface area contributed by atoms with E-state index in [-0.39, 0.29) is 11.6 Å². The number of carbonyl (C=O) groups is 1. The molecule has 0 radical (unpaired) electrons. The lowest BCUT2D eigenvalue weighted by Crippen LogP contribution is -2.25. The number of nitrogens with one attached hydrogen (secondary N) is 1. The summed E-state index contributed by atoms with van der Waals surface area (Å²) in [4.78, 5) is 22.2. The monoisotopic (exact) mass is 398 g/mol. The number of aryl methyl sites for hydroxylation is 1. The van der Waals surface area contributed by atoms with Crippen LogP contribution < -0.4 is 5.32 Å². The van der Waals surface area contributed by atoms with Gasteiger partial charge in [0.25, 0.3) is 0 Å². The first-order chi connectivity index (χ1) is 11.2. The Hall–Kier alpha value is -2.29. The molecule has 24 heavy (non-hydrogen) atoms. The summed E-state index contributed by atoms with van der Waals surface area (Å²) in [6.07, 6.45) is 0. The number of aromatic nitrogens is 2. The van der Waals surface area contributed by atoms with Crippen molar-refractivity contribution in [3.63, 3.8) is 0 Å². The maximum Gasteiger partial charge on any atom is 0.306 e. The normalized spacial score (nSPS) is 12.0. The van der Waals surface area contributed by atoms with Crippen LogP contribution in [-0.4, -0.2) is 20.6 Å². The fraction of sp³-hybridized carbons (Fsp3) is 0.333. The molecule has 1 aromatic carbocycles. The van der Waals surface area contributed by atoms with Gasteiger partial charge in [-0.15, -0.1) is 0 Å². The smallest absolute Gasteiger partial charge is 0.306 e. The molecule has 1 amide bonds. The molecule has 0 aliphatic carbocycles. The number of nitrogens with zero attached hydrogens (tertiary/aromatic N) is 3. The van der Waals surface area contributed by atoms with E-state index in [1.807, 2.05) is 13.8 Å². The van der Waals surface area contributed by atoms with Gasteiger partial charge in [-0.3, -0.25) is 19.6 Å². The second-order valence-electron chi connectivity index (χ2n) is 5.48. The Kier molecular flexibility index (Phi) is 5.33. The molecule has 7 nitrogen and oxygen atoms in total. The molecule has 2 aromatic rings. The zero-order valence-electron chi connectivity index (χ0n) is 13.3. The molecule has 1 N–H and O–H groups in total. The lowest BCUT2D eigenvalue weighted by Gasteiger charge is -2.13. The van der Waals surface area contributed by atoms with Gasteiger partial charge in [-0.2, -0.15) is 9.49 Å². The van der Waals surface area contributed by atoms with Crippen LogP contribution in [0.15, 0.2) is 22.7 Å². The first-order valence-electron chi connectivity index (χ1n) is 7.15. The molecule has 0 saturated carbocycles. The Bertz CT molecular complexity index is 806. The number of amides is 1. The van der Waals surface area contributed by atoms with Gasteiger partial charge in [-0.1, -0.05) is 6.92 Å². The van der Waals surface area contributed by atoms with E-state index in [0.29, 0.717) is 6.54 Å². The minimum Gasteiger partial charge on any atom is -0.326 e. The van der Waals surface area contributed by atoms with E-state index >= 15 is 0 Å². The van der Waals surface area contributed by atoms with Crippen LogP contribution in [0.2, 0.25) is 0 Å².